The highest BCUT2D eigenvalue weighted by atomic mass is 32.1. The maximum absolute atomic E-state index is 12.7. The fourth-order valence-electron chi connectivity index (χ4n) is 3.03. The van der Waals surface area contributed by atoms with E-state index in [1.807, 2.05) is 36.4 Å². The number of thiazole rings is 1. The van der Waals surface area contributed by atoms with Crippen LogP contribution in [0.3, 0.4) is 0 Å². The summed E-state index contributed by atoms with van der Waals surface area (Å²) in [5.41, 5.74) is 1.28. The lowest BCUT2D eigenvalue weighted by Gasteiger charge is -2.13. The number of nitrogens with one attached hydrogen (secondary N) is 1. The SMILES string of the molecule is COc1cc(OC)c(C(=O)NCc2ccc(-c3nc4ccccc4s3)o2)cc1OC. The molecule has 30 heavy (non-hydrogen) atoms. The Bertz CT molecular complexity index is 1160. The van der Waals surface area contributed by atoms with Crippen LogP contribution in [-0.2, 0) is 6.54 Å². The summed E-state index contributed by atoms with van der Waals surface area (Å²) in [6, 6.07) is 14.8. The van der Waals surface area contributed by atoms with Crippen molar-refractivity contribution in [3.63, 3.8) is 0 Å². The zero-order valence-electron chi connectivity index (χ0n) is 16.7. The Balaban J connectivity index is 1.49. The molecule has 0 radical (unpaired) electrons. The molecule has 0 aliphatic rings. The molecule has 0 aliphatic heterocycles. The first-order valence-corrected chi connectivity index (χ1v) is 9.97. The first kappa shape index (κ1) is 19.8. The number of nitrogens with zero attached hydrogens (tertiary/aromatic N) is 1. The van der Waals surface area contributed by atoms with E-state index in [4.69, 9.17) is 18.6 Å². The molecule has 8 heteroatoms. The van der Waals surface area contributed by atoms with E-state index in [2.05, 4.69) is 10.3 Å². The van der Waals surface area contributed by atoms with Crippen LogP contribution in [-0.4, -0.2) is 32.2 Å². The van der Waals surface area contributed by atoms with E-state index in [1.165, 1.54) is 21.3 Å². The van der Waals surface area contributed by atoms with Gasteiger partial charge in [0.2, 0.25) is 0 Å². The van der Waals surface area contributed by atoms with E-state index in [1.54, 1.807) is 23.5 Å². The Hall–Kier alpha value is -3.52. The van der Waals surface area contributed by atoms with Gasteiger partial charge in [-0.3, -0.25) is 4.79 Å². The van der Waals surface area contributed by atoms with Crippen LogP contribution in [0.1, 0.15) is 16.1 Å². The van der Waals surface area contributed by atoms with Crippen molar-refractivity contribution in [2.75, 3.05) is 21.3 Å². The third-order valence-corrected chi connectivity index (χ3v) is 5.59. The molecule has 1 amide bonds. The van der Waals surface area contributed by atoms with Gasteiger partial charge in [-0.1, -0.05) is 12.1 Å². The largest absolute Gasteiger partial charge is 0.496 e. The van der Waals surface area contributed by atoms with Crippen molar-refractivity contribution in [1.29, 1.82) is 0 Å². The summed E-state index contributed by atoms with van der Waals surface area (Å²) in [4.78, 5) is 17.3. The minimum Gasteiger partial charge on any atom is -0.496 e. The lowest BCUT2D eigenvalue weighted by Crippen LogP contribution is -2.23. The maximum Gasteiger partial charge on any atom is 0.255 e. The molecule has 0 unspecified atom stereocenters. The van der Waals surface area contributed by atoms with Crippen molar-refractivity contribution in [3.05, 3.63) is 59.9 Å². The van der Waals surface area contributed by atoms with Gasteiger partial charge in [0.1, 0.15) is 11.5 Å². The number of rotatable bonds is 7. The number of fused-ring (bicyclic) bond motifs is 1. The van der Waals surface area contributed by atoms with E-state index in [-0.39, 0.29) is 12.5 Å². The second-order valence-corrected chi connectivity index (χ2v) is 7.37. The third kappa shape index (κ3) is 3.81. The summed E-state index contributed by atoms with van der Waals surface area (Å²) in [5, 5.41) is 3.65. The van der Waals surface area contributed by atoms with Crippen molar-refractivity contribution in [1.82, 2.24) is 10.3 Å². The van der Waals surface area contributed by atoms with Crippen molar-refractivity contribution < 1.29 is 23.4 Å². The van der Waals surface area contributed by atoms with Gasteiger partial charge in [0.05, 0.1) is 43.7 Å². The first-order chi connectivity index (χ1) is 14.6. The molecule has 2 aromatic heterocycles. The van der Waals surface area contributed by atoms with Gasteiger partial charge in [0.25, 0.3) is 5.91 Å². The average Bonchev–Trinajstić information content (AvgIpc) is 3.43. The lowest BCUT2D eigenvalue weighted by molar-refractivity contribution is 0.0944. The maximum atomic E-state index is 12.7. The topological polar surface area (TPSA) is 82.8 Å². The summed E-state index contributed by atoms with van der Waals surface area (Å²) in [7, 11) is 4.53. The van der Waals surface area contributed by atoms with Crippen LogP contribution < -0.4 is 19.5 Å². The minimum absolute atomic E-state index is 0.223. The molecular formula is C22H20N2O5S. The van der Waals surface area contributed by atoms with Crippen LogP contribution in [0, 0.1) is 0 Å². The van der Waals surface area contributed by atoms with Crippen LogP contribution in [0.2, 0.25) is 0 Å². The van der Waals surface area contributed by atoms with Crippen LogP contribution in [0.4, 0.5) is 0 Å². The highest BCUT2D eigenvalue weighted by molar-refractivity contribution is 7.21. The monoisotopic (exact) mass is 424 g/mol. The molecule has 2 heterocycles. The Morgan fingerprint density at radius 2 is 1.73 bits per heavy atom. The van der Waals surface area contributed by atoms with Crippen LogP contribution >= 0.6 is 11.3 Å². The number of aromatic nitrogens is 1. The number of carbonyl (C=O) groups excluding carboxylic acids is 1. The zero-order chi connectivity index (χ0) is 21.1. The molecule has 0 bridgehead atoms. The summed E-state index contributed by atoms with van der Waals surface area (Å²) in [6.45, 7) is 0.223. The summed E-state index contributed by atoms with van der Waals surface area (Å²) >= 11 is 1.56. The number of carbonyl (C=O) groups is 1. The van der Waals surface area contributed by atoms with E-state index >= 15 is 0 Å². The van der Waals surface area contributed by atoms with Gasteiger partial charge >= 0.3 is 0 Å². The molecule has 7 nitrogen and oxygen atoms in total. The number of methoxy groups -OCH3 is 3. The predicted molar refractivity (Wildman–Crippen MR) is 115 cm³/mol. The molecule has 0 saturated heterocycles. The number of hydrogen-bond donors (Lipinski definition) is 1. The van der Waals surface area contributed by atoms with Crippen molar-refractivity contribution in [2.24, 2.45) is 0 Å². The molecule has 2 aromatic carbocycles. The van der Waals surface area contributed by atoms with Gasteiger partial charge in [0.15, 0.2) is 22.3 Å². The smallest absolute Gasteiger partial charge is 0.255 e. The fraction of sp³-hybridized carbons (Fsp3) is 0.182. The second-order valence-electron chi connectivity index (χ2n) is 6.34. The van der Waals surface area contributed by atoms with E-state index in [9.17, 15) is 4.79 Å². The van der Waals surface area contributed by atoms with Crippen LogP contribution in [0.5, 0.6) is 17.2 Å². The highest BCUT2D eigenvalue weighted by Gasteiger charge is 2.18. The molecule has 0 atom stereocenters. The van der Waals surface area contributed by atoms with Crippen molar-refractivity contribution in [2.45, 2.75) is 6.54 Å². The average molecular weight is 424 g/mol. The van der Waals surface area contributed by atoms with E-state index < -0.39 is 0 Å². The minimum atomic E-state index is -0.314. The lowest BCUT2D eigenvalue weighted by atomic mass is 10.1. The van der Waals surface area contributed by atoms with E-state index in [0.717, 1.165) is 15.2 Å². The Labute approximate surface area is 177 Å². The predicted octanol–water partition coefficient (Wildman–Crippen LogP) is 4.51. The van der Waals surface area contributed by atoms with Gasteiger partial charge in [-0.15, -0.1) is 11.3 Å². The molecule has 1 N–H and O–H groups in total. The number of ether oxygens (including phenoxy) is 3. The molecule has 4 rings (SSSR count). The van der Waals surface area contributed by atoms with E-state index in [0.29, 0.717) is 34.3 Å². The molecule has 0 fully saturated rings. The molecule has 4 aromatic rings. The van der Waals surface area contributed by atoms with Gasteiger partial charge in [-0.05, 0) is 24.3 Å². The first-order valence-electron chi connectivity index (χ1n) is 9.15. The van der Waals surface area contributed by atoms with Crippen LogP contribution in [0.25, 0.3) is 21.0 Å². The number of para-hydroxylation sites is 1. The quantitative estimate of drug-likeness (QED) is 0.470. The highest BCUT2D eigenvalue weighted by Crippen LogP contribution is 2.35. The standard InChI is InChI=1S/C22H20N2O5S/c1-26-17-11-19(28-3)18(27-2)10-14(17)21(25)23-12-13-8-9-16(29-13)22-24-15-6-4-5-7-20(15)30-22/h4-11H,12H2,1-3H3,(H,23,25). The Morgan fingerprint density at radius 1 is 1.00 bits per heavy atom. The van der Waals surface area contributed by atoms with Crippen LogP contribution in [0.15, 0.2) is 52.9 Å². The molecule has 0 aliphatic carbocycles. The van der Waals surface area contributed by atoms with Gasteiger partial charge in [-0.2, -0.15) is 0 Å². The fourth-order valence-corrected chi connectivity index (χ4v) is 3.96. The van der Waals surface area contributed by atoms with Crippen molar-refractivity contribution >= 4 is 27.5 Å². The molecule has 0 spiro atoms. The number of amides is 1. The summed E-state index contributed by atoms with van der Waals surface area (Å²) < 4.78 is 22.8. The number of furan rings is 1. The Kier molecular flexibility index (Phi) is 5.58. The zero-order valence-corrected chi connectivity index (χ0v) is 17.5. The second kappa shape index (κ2) is 8.46. The Morgan fingerprint density at radius 3 is 2.47 bits per heavy atom. The van der Waals surface area contributed by atoms with Gasteiger partial charge in [0, 0.05) is 12.1 Å². The summed E-state index contributed by atoms with van der Waals surface area (Å²) in [5.74, 6) is 2.30. The number of benzene rings is 2. The van der Waals surface area contributed by atoms with Gasteiger partial charge in [-0.25, -0.2) is 4.98 Å². The summed E-state index contributed by atoms with van der Waals surface area (Å²) in [6.07, 6.45) is 0. The normalized spacial score (nSPS) is 10.8. The van der Waals surface area contributed by atoms with Gasteiger partial charge < -0.3 is 23.9 Å². The third-order valence-electron chi connectivity index (χ3n) is 4.54. The molecule has 154 valence electrons. The molecule has 0 saturated carbocycles. The number of hydrogen-bond acceptors (Lipinski definition) is 7. The molecular weight excluding hydrogens is 404 g/mol. The van der Waals surface area contributed by atoms with Crippen molar-refractivity contribution in [3.8, 4) is 28.0 Å².